The fourth-order valence-corrected chi connectivity index (χ4v) is 7.36. The number of phenols is 1. The lowest BCUT2D eigenvalue weighted by atomic mass is 9.77. The van der Waals surface area contributed by atoms with E-state index in [1.54, 1.807) is 54.6 Å². The molecule has 1 aromatic heterocycles. The molecule has 49 heavy (non-hydrogen) atoms. The van der Waals surface area contributed by atoms with Gasteiger partial charge in [-0.15, -0.1) is 0 Å². The van der Waals surface area contributed by atoms with Crippen LogP contribution in [-0.2, 0) is 16.6 Å². The van der Waals surface area contributed by atoms with Crippen molar-refractivity contribution < 1.29 is 24.9 Å². The van der Waals surface area contributed by atoms with Crippen LogP contribution < -0.4 is 47.8 Å². The fourth-order valence-electron chi connectivity index (χ4n) is 7.36. The molecule has 0 fully saturated rings. The standard InChI is InChI=1S/C37H26N2O10/c1-3-4-5-6-18-13-20-23(16-7-9-17(10-8-16)38-15-40)19-11-12-37(29(19)33(45)24(20)36(48)39-18)34(46)27-28(35(37)47)32(44)26-25(31(27)43)21(41)14-22(49-2)30(26)42/h3-10,13-15,45-47H,11-12H2,1-2H3,(H,38,40)(H,39,48)/t37-/m0/s1. The third-order valence-corrected chi connectivity index (χ3v) is 9.43. The molecule has 0 saturated heterocycles. The Balaban J connectivity index is 1.65. The van der Waals surface area contributed by atoms with Crippen molar-refractivity contribution in [3.63, 3.8) is 0 Å². The molecule has 0 aliphatic heterocycles. The number of aromatic hydroxyl groups is 1. The number of aromatic nitrogens is 1. The predicted molar refractivity (Wildman–Crippen MR) is 182 cm³/mol. The second-order valence-corrected chi connectivity index (χ2v) is 11.8. The molecule has 0 radical (unpaired) electrons. The first-order chi connectivity index (χ1) is 23.5. The molecule has 1 atom stereocenters. The number of aromatic amines is 1. The molecule has 0 unspecified atom stereocenters. The largest absolute Gasteiger partial charge is 0.510 e. The molecule has 7 rings (SSSR count). The van der Waals surface area contributed by atoms with Gasteiger partial charge in [-0.1, -0.05) is 30.4 Å². The summed E-state index contributed by atoms with van der Waals surface area (Å²) in [6.45, 7) is 1.83. The number of aliphatic hydroxyl groups excluding tert-OH is 2. The molecule has 12 heteroatoms. The summed E-state index contributed by atoms with van der Waals surface area (Å²) < 4.78 is 4.94. The zero-order valence-corrected chi connectivity index (χ0v) is 26.0. The van der Waals surface area contributed by atoms with Crippen molar-refractivity contribution >= 4 is 40.5 Å². The minimum absolute atomic E-state index is 0.0799. The number of amides is 1. The van der Waals surface area contributed by atoms with E-state index >= 15 is 0 Å². The van der Waals surface area contributed by atoms with Gasteiger partial charge in [-0.05, 0) is 60.7 Å². The van der Waals surface area contributed by atoms with Crippen molar-refractivity contribution in [2.75, 3.05) is 12.4 Å². The molecular weight excluding hydrogens is 632 g/mol. The van der Waals surface area contributed by atoms with Gasteiger partial charge in [0, 0.05) is 28.4 Å². The maximum absolute atomic E-state index is 13.9. The number of carbonyl (C=O) groups is 1. The molecule has 3 aromatic rings. The average molecular weight is 659 g/mol. The number of carbonyl (C=O) groups excluding carboxylic acids is 1. The van der Waals surface area contributed by atoms with E-state index in [4.69, 9.17) is 4.74 Å². The number of aliphatic hydroxyl groups is 2. The van der Waals surface area contributed by atoms with E-state index < -0.39 is 76.6 Å². The van der Waals surface area contributed by atoms with Gasteiger partial charge in [0.2, 0.25) is 22.7 Å². The molecule has 244 valence electrons. The molecule has 0 saturated carbocycles. The van der Waals surface area contributed by atoms with Crippen LogP contribution >= 0.6 is 0 Å². The Bertz CT molecular complexity index is 2840. The summed E-state index contributed by atoms with van der Waals surface area (Å²) in [6, 6.07) is 9.09. The van der Waals surface area contributed by atoms with Crippen LogP contribution in [0.3, 0.4) is 0 Å². The van der Waals surface area contributed by atoms with E-state index in [0.29, 0.717) is 39.9 Å². The molecule has 1 amide bonds. The van der Waals surface area contributed by atoms with Gasteiger partial charge in [0.05, 0.1) is 33.4 Å². The molecule has 5 N–H and O–H groups in total. The minimum atomic E-state index is -2.08. The third kappa shape index (κ3) is 4.10. The molecular formula is C37H26N2O10. The van der Waals surface area contributed by atoms with Gasteiger partial charge in [-0.25, -0.2) is 0 Å². The minimum Gasteiger partial charge on any atom is -0.510 e. The number of rotatable bonds is 6. The summed E-state index contributed by atoms with van der Waals surface area (Å²) in [5.74, 6) is -2.66. The van der Waals surface area contributed by atoms with Crippen molar-refractivity contribution in [3.05, 3.63) is 144 Å². The number of hydrogen-bond donors (Lipinski definition) is 5. The van der Waals surface area contributed by atoms with Crippen molar-refractivity contribution in [1.29, 1.82) is 0 Å². The number of fused-ring (bicyclic) bond motifs is 4. The van der Waals surface area contributed by atoms with Crippen LogP contribution in [0.2, 0.25) is 0 Å². The highest BCUT2D eigenvalue weighted by Crippen LogP contribution is 2.57. The Kier molecular flexibility index (Phi) is 6.98. The van der Waals surface area contributed by atoms with E-state index in [9.17, 15) is 44.1 Å². The summed E-state index contributed by atoms with van der Waals surface area (Å²) in [4.78, 5) is 81.3. The Hall–Kier alpha value is -6.56. The smallest absolute Gasteiger partial charge is 0.260 e. The summed E-state index contributed by atoms with van der Waals surface area (Å²) in [5, 5.41) is 35.6. The van der Waals surface area contributed by atoms with E-state index in [-0.39, 0.29) is 23.8 Å². The van der Waals surface area contributed by atoms with Gasteiger partial charge in [-0.2, -0.15) is 0 Å². The quantitative estimate of drug-likeness (QED) is 0.131. The highest BCUT2D eigenvalue weighted by atomic mass is 16.5. The number of phenolic OH excluding ortho intramolecular Hbond substituents is 1. The van der Waals surface area contributed by atoms with E-state index in [2.05, 4.69) is 10.3 Å². The summed E-state index contributed by atoms with van der Waals surface area (Å²) in [5.41, 5.74) is -4.88. The number of pyridine rings is 1. The van der Waals surface area contributed by atoms with Crippen molar-refractivity contribution in [3.8, 4) is 22.6 Å². The lowest BCUT2D eigenvalue weighted by molar-refractivity contribution is -0.105. The fraction of sp³-hybridized carbons (Fsp3) is 0.135. The SMILES string of the molecule is CC=CC=Cc1cc2c(-c3ccc(NC=O)cc3)c3c(c(O)c2c(=O)[nH]1)[C@@]1(CC3)C(O)=c2c(=O)c3c(=O)cc(OC)c(=O)c=3c(=O)c2=C1O. The van der Waals surface area contributed by atoms with Crippen LogP contribution in [0.15, 0.2) is 78.6 Å². The number of allylic oxidation sites excluding steroid dienone is 3. The Morgan fingerprint density at radius 2 is 1.55 bits per heavy atom. The van der Waals surface area contributed by atoms with Crippen LogP contribution in [-0.4, -0.2) is 33.8 Å². The number of nitrogens with one attached hydrogen (secondary N) is 2. The van der Waals surface area contributed by atoms with E-state index in [1.807, 2.05) is 6.92 Å². The van der Waals surface area contributed by atoms with Crippen LogP contribution in [0.4, 0.5) is 5.69 Å². The zero-order valence-electron chi connectivity index (χ0n) is 26.0. The highest BCUT2D eigenvalue weighted by Gasteiger charge is 2.54. The molecule has 12 nitrogen and oxygen atoms in total. The summed E-state index contributed by atoms with van der Waals surface area (Å²) in [6.07, 6.45) is 7.39. The summed E-state index contributed by atoms with van der Waals surface area (Å²) >= 11 is 0. The Labute approximate surface area is 273 Å². The van der Waals surface area contributed by atoms with Crippen LogP contribution in [0.5, 0.6) is 11.5 Å². The summed E-state index contributed by atoms with van der Waals surface area (Å²) in [7, 11) is 1.12. The van der Waals surface area contributed by atoms with Crippen LogP contribution in [0, 0.1) is 10.4 Å². The van der Waals surface area contributed by atoms with Crippen LogP contribution in [0.25, 0.3) is 39.5 Å². The number of hydrogen-bond acceptors (Lipinski definition) is 10. The lowest BCUT2D eigenvalue weighted by Gasteiger charge is -2.28. The number of H-pyrrole nitrogens is 1. The van der Waals surface area contributed by atoms with Gasteiger partial charge < -0.3 is 30.4 Å². The average Bonchev–Trinajstić information content (AvgIpc) is 3.58. The van der Waals surface area contributed by atoms with Crippen molar-refractivity contribution in [2.24, 2.45) is 0 Å². The first-order valence-electron chi connectivity index (χ1n) is 15.1. The normalized spacial score (nSPS) is 16.8. The van der Waals surface area contributed by atoms with Gasteiger partial charge in [-0.3, -0.25) is 28.8 Å². The Morgan fingerprint density at radius 1 is 0.878 bits per heavy atom. The zero-order chi connectivity index (χ0) is 34.9. The van der Waals surface area contributed by atoms with E-state index in [0.717, 1.165) is 13.2 Å². The molecule has 4 aliphatic carbocycles. The van der Waals surface area contributed by atoms with Crippen LogP contribution in [0.1, 0.15) is 30.2 Å². The monoisotopic (exact) mass is 658 g/mol. The van der Waals surface area contributed by atoms with Crippen molar-refractivity contribution in [1.82, 2.24) is 4.98 Å². The molecule has 1 spiro atoms. The first-order valence-corrected chi connectivity index (χ1v) is 15.1. The highest BCUT2D eigenvalue weighted by molar-refractivity contribution is 6.05. The number of ether oxygens (including phenoxy) is 1. The van der Waals surface area contributed by atoms with E-state index in [1.165, 1.54) is 0 Å². The molecule has 2 aromatic carbocycles. The first kappa shape index (κ1) is 31.1. The van der Waals surface area contributed by atoms with Gasteiger partial charge in [0.1, 0.15) is 22.7 Å². The second kappa shape index (κ2) is 11.0. The second-order valence-electron chi connectivity index (χ2n) is 11.8. The maximum atomic E-state index is 13.9. The predicted octanol–water partition coefficient (Wildman–Crippen LogP) is 1.34. The number of anilines is 1. The number of benzene rings is 2. The van der Waals surface area contributed by atoms with Gasteiger partial charge >= 0.3 is 0 Å². The maximum Gasteiger partial charge on any atom is 0.260 e. The Morgan fingerprint density at radius 3 is 2.18 bits per heavy atom. The molecule has 4 aliphatic rings. The van der Waals surface area contributed by atoms with Gasteiger partial charge in [0.15, 0.2) is 11.2 Å². The molecule has 0 bridgehead atoms. The molecule has 1 heterocycles. The van der Waals surface area contributed by atoms with Gasteiger partial charge in [0.25, 0.3) is 5.56 Å². The third-order valence-electron chi connectivity index (χ3n) is 9.43. The lowest BCUT2D eigenvalue weighted by Crippen LogP contribution is -2.51. The topological polar surface area (TPSA) is 200 Å². The number of methoxy groups -OCH3 is 1. The van der Waals surface area contributed by atoms with Crippen molar-refractivity contribution in [2.45, 2.75) is 25.2 Å².